The summed E-state index contributed by atoms with van der Waals surface area (Å²) in [6.07, 6.45) is 2.05. The number of carbonyl (C=O) groups is 2. The van der Waals surface area contributed by atoms with Crippen molar-refractivity contribution in [3.05, 3.63) is 54.2 Å². The van der Waals surface area contributed by atoms with Crippen LogP contribution in [0.5, 0.6) is 0 Å². The first-order valence-electron chi connectivity index (χ1n) is 8.66. The number of benzene rings is 1. The summed E-state index contributed by atoms with van der Waals surface area (Å²) >= 11 is -0.457. The number of alkyl halides is 2. The summed E-state index contributed by atoms with van der Waals surface area (Å²) < 4.78 is 31.5. The molecular formula is C20H18F2IN2O2-. The molecule has 0 radical (unpaired) electrons. The quantitative estimate of drug-likeness (QED) is 0.619. The van der Waals surface area contributed by atoms with Crippen LogP contribution < -0.4 is 31.8 Å². The molecule has 2 N–H and O–H groups in total. The van der Waals surface area contributed by atoms with Gasteiger partial charge in [-0.05, 0) is 0 Å². The van der Waals surface area contributed by atoms with E-state index in [0.29, 0.717) is 35.2 Å². The third-order valence-corrected chi connectivity index (χ3v) is 6.79. The summed E-state index contributed by atoms with van der Waals surface area (Å²) in [5.41, 5.74) is 4.66. The van der Waals surface area contributed by atoms with Crippen LogP contribution >= 0.6 is 0 Å². The van der Waals surface area contributed by atoms with E-state index in [2.05, 4.69) is 10.6 Å². The van der Waals surface area contributed by atoms with E-state index in [1.807, 2.05) is 21.2 Å². The molecule has 142 valence electrons. The Balaban J connectivity index is 1.64. The SMILES string of the molecule is Cc1cc(NC(=O)C2=C3CC(F)(F)CC3=C[I-]C=C2)cc2c1NC(=O)CC2. The molecule has 0 unspecified atom stereocenters. The van der Waals surface area contributed by atoms with Crippen molar-refractivity contribution in [3.63, 3.8) is 0 Å². The molecule has 4 rings (SSSR count). The number of anilines is 2. The normalized spacial score (nSPS) is 20.7. The van der Waals surface area contributed by atoms with E-state index in [0.717, 1.165) is 16.8 Å². The molecule has 1 aliphatic carbocycles. The van der Waals surface area contributed by atoms with Crippen molar-refractivity contribution in [1.29, 1.82) is 0 Å². The van der Waals surface area contributed by atoms with Crippen LogP contribution in [0, 0.1) is 6.92 Å². The third-order valence-electron chi connectivity index (χ3n) is 4.90. The van der Waals surface area contributed by atoms with E-state index >= 15 is 0 Å². The van der Waals surface area contributed by atoms with Crippen LogP contribution in [0.1, 0.15) is 30.4 Å². The van der Waals surface area contributed by atoms with Crippen LogP contribution in [-0.4, -0.2) is 17.7 Å². The maximum atomic E-state index is 13.9. The molecule has 3 aliphatic rings. The van der Waals surface area contributed by atoms with Crippen molar-refractivity contribution >= 4 is 23.2 Å². The number of aryl methyl sites for hydroxylation is 2. The zero-order valence-corrected chi connectivity index (χ0v) is 16.8. The van der Waals surface area contributed by atoms with Crippen LogP contribution in [0.15, 0.2) is 43.1 Å². The van der Waals surface area contributed by atoms with E-state index < -0.39 is 27.1 Å². The molecule has 0 atom stereocenters. The van der Waals surface area contributed by atoms with Crippen molar-refractivity contribution in [3.8, 4) is 0 Å². The molecular weight excluding hydrogens is 465 g/mol. The number of fused-ring (bicyclic) bond motifs is 2. The van der Waals surface area contributed by atoms with Crippen LogP contribution in [0.4, 0.5) is 20.2 Å². The molecule has 1 fully saturated rings. The Morgan fingerprint density at radius 2 is 2.07 bits per heavy atom. The van der Waals surface area contributed by atoms with Gasteiger partial charge < -0.3 is 0 Å². The standard InChI is InChI=1S/C20H18F2IN2O2/c1-11-6-14(7-12-2-3-17(26)25-18(11)12)24-19(27)15-4-5-23-10-13-8-20(21,22)9-16(13)15/h4-7,10H,2-3,8-9H2,1H3,(H,24,27)(H,25,26)/q-1. The molecule has 0 spiro atoms. The first-order chi connectivity index (χ1) is 12.8. The average molecular weight is 483 g/mol. The van der Waals surface area contributed by atoms with E-state index in [9.17, 15) is 18.4 Å². The topological polar surface area (TPSA) is 58.2 Å². The molecule has 0 bridgehead atoms. The number of allylic oxidation sites excluding steroid dienone is 2. The molecule has 0 aromatic heterocycles. The number of hydrogen-bond donors (Lipinski definition) is 2. The monoisotopic (exact) mass is 483 g/mol. The minimum atomic E-state index is -2.78. The van der Waals surface area contributed by atoms with Crippen LogP contribution in [0.25, 0.3) is 0 Å². The Morgan fingerprint density at radius 1 is 1.26 bits per heavy atom. The van der Waals surface area contributed by atoms with E-state index in [-0.39, 0.29) is 24.7 Å². The average Bonchev–Trinajstić information content (AvgIpc) is 2.77. The number of halogens is 3. The van der Waals surface area contributed by atoms with Gasteiger partial charge in [0.2, 0.25) is 0 Å². The summed E-state index contributed by atoms with van der Waals surface area (Å²) in [6.45, 7) is 1.87. The summed E-state index contributed by atoms with van der Waals surface area (Å²) in [6, 6.07) is 3.64. The first kappa shape index (κ1) is 18.3. The second-order valence-corrected chi connectivity index (χ2v) is 9.05. The van der Waals surface area contributed by atoms with Crippen molar-refractivity contribution in [2.45, 2.75) is 38.5 Å². The van der Waals surface area contributed by atoms with Gasteiger partial charge in [-0.25, -0.2) is 0 Å². The second-order valence-electron chi connectivity index (χ2n) is 6.98. The van der Waals surface area contributed by atoms with E-state index in [4.69, 9.17) is 0 Å². The fourth-order valence-corrected chi connectivity index (χ4v) is 5.48. The zero-order chi connectivity index (χ0) is 19.2. The van der Waals surface area contributed by atoms with E-state index in [1.54, 1.807) is 12.1 Å². The Bertz CT molecular complexity index is 948. The molecule has 7 heteroatoms. The third kappa shape index (κ3) is 3.69. The fraction of sp³-hybridized carbons (Fsp3) is 0.300. The summed E-state index contributed by atoms with van der Waals surface area (Å²) in [5.74, 6) is -3.15. The van der Waals surface area contributed by atoms with Gasteiger partial charge >= 0.3 is 166 Å². The first-order valence-corrected chi connectivity index (χ1v) is 11.2. The number of hydrogen-bond acceptors (Lipinski definition) is 2. The number of carbonyl (C=O) groups excluding carboxylic acids is 2. The van der Waals surface area contributed by atoms with Crippen LogP contribution in [0.3, 0.4) is 0 Å². The number of amides is 2. The predicted molar refractivity (Wildman–Crippen MR) is 95.2 cm³/mol. The zero-order valence-electron chi connectivity index (χ0n) is 14.7. The minimum absolute atomic E-state index is 0.0114. The van der Waals surface area contributed by atoms with Gasteiger partial charge in [-0.15, -0.1) is 0 Å². The van der Waals surface area contributed by atoms with Gasteiger partial charge in [-0.3, -0.25) is 0 Å². The molecule has 0 saturated heterocycles. The Hall–Kier alpha value is -2.03. The summed E-state index contributed by atoms with van der Waals surface area (Å²) in [5, 5.41) is 5.72. The second kappa shape index (κ2) is 6.85. The summed E-state index contributed by atoms with van der Waals surface area (Å²) in [4.78, 5) is 24.4. The Kier molecular flexibility index (Phi) is 4.65. The molecule has 1 aromatic carbocycles. The number of nitrogens with one attached hydrogen (secondary N) is 2. The van der Waals surface area contributed by atoms with E-state index in [1.165, 1.54) is 0 Å². The van der Waals surface area contributed by atoms with Gasteiger partial charge in [0.15, 0.2) is 0 Å². The number of rotatable bonds is 2. The summed E-state index contributed by atoms with van der Waals surface area (Å²) in [7, 11) is 0. The van der Waals surface area contributed by atoms with Crippen molar-refractivity contribution < 1.29 is 39.6 Å². The Labute approximate surface area is 166 Å². The molecule has 27 heavy (non-hydrogen) atoms. The van der Waals surface area contributed by atoms with Crippen LogP contribution in [0.2, 0.25) is 0 Å². The molecule has 4 nitrogen and oxygen atoms in total. The van der Waals surface area contributed by atoms with Crippen molar-refractivity contribution in [1.82, 2.24) is 0 Å². The van der Waals surface area contributed by atoms with Crippen molar-refractivity contribution in [2.75, 3.05) is 10.6 Å². The van der Waals surface area contributed by atoms with Gasteiger partial charge in [0.1, 0.15) is 0 Å². The maximum absolute atomic E-state index is 13.9. The molecule has 2 heterocycles. The van der Waals surface area contributed by atoms with Gasteiger partial charge in [0.25, 0.3) is 0 Å². The van der Waals surface area contributed by atoms with Gasteiger partial charge in [-0.2, -0.15) is 0 Å². The molecule has 1 aromatic rings. The Morgan fingerprint density at radius 3 is 2.89 bits per heavy atom. The molecule has 1 saturated carbocycles. The van der Waals surface area contributed by atoms with Gasteiger partial charge in [0.05, 0.1) is 0 Å². The van der Waals surface area contributed by atoms with Gasteiger partial charge in [-0.1, -0.05) is 0 Å². The fourth-order valence-electron chi connectivity index (χ4n) is 3.67. The van der Waals surface area contributed by atoms with Gasteiger partial charge in [0, 0.05) is 0 Å². The predicted octanol–water partition coefficient (Wildman–Crippen LogP) is 1.04. The van der Waals surface area contributed by atoms with Crippen molar-refractivity contribution in [2.24, 2.45) is 0 Å². The van der Waals surface area contributed by atoms with Crippen LogP contribution in [-0.2, 0) is 16.0 Å². The molecule has 2 amide bonds. The molecule has 2 aliphatic heterocycles.